The van der Waals surface area contributed by atoms with E-state index < -0.39 is 11.8 Å². The van der Waals surface area contributed by atoms with Gasteiger partial charge in [0.1, 0.15) is 5.82 Å². The van der Waals surface area contributed by atoms with Crippen LogP contribution in [-0.2, 0) is 9.59 Å². The van der Waals surface area contributed by atoms with Gasteiger partial charge < -0.3 is 5.32 Å². The molecule has 1 fully saturated rings. The molecule has 0 aromatic heterocycles. The Balaban J connectivity index is 2.32. The number of hydrogen-bond donors (Lipinski definition) is 2. The average Bonchev–Trinajstić information content (AvgIpc) is 2.64. The Morgan fingerprint density at radius 2 is 1.95 bits per heavy atom. The van der Waals surface area contributed by atoms with E-state index in [-0.39, 0.29) is 12.0 Å². The Labute approximate surface area is 117 Å². The van der Waals surface area contributed by atoms with Crippen LogP contribution >= 0.6 is 0 Å². The van der Waals surface area contributed by atoms with Gasteiger partial charge in [0.25, 0.3) is 0 Å². The van der Waals surface area contributed by atoms with E-state index in [1.54, 1.807) is 24.3 Å². The summed E-state index contributed by atoms with van der Waals surface area (Å²) < 4.78 is 0. The summed E-state index contributed by atoms with van der Waals surface area (Å²) in [6.07, 6.45) is 0. The maximum absolute atomic E-state index is 11.9. The number of nitrogens with zero attached hydrogens (tertiary/aromatic N) is 2. The normalized spacial score (nSPS) is 16.8. The van der Waals surface area contributed by atoms with Crippen LogP contribution in [0, 0.1) is 0 Å². The molecule has 0 bridgehead atoms. The zero-order chi connectivity index (χ0) is 14.7. The number of hydrogen-bond acceptors (Lipinski definition) is 4. The number of benzene rings is 1. The Kier molecular flexibility index (Phi) is 3.84. The maximum Gasteiger partial charge on any atom is 0.323 e. The van der Waals surface area contributed by atoms with Crippen molar-refractivity contribution < 1.29 is 9.59 Å². The molecule has 0 atom stereocenters. The molecule has 0 radical (unpaired) electrons. The lowest BCUT2D eigenvalue weighted by Crippen LogP contribution is -2.33. The van der Waals surface area contributed by atoms with Crippen molar-refractivity contribution in [1.29, 1.82) is 0 Å². The Bertz CT molecular complexity index is 578. The van der Waals surface area contributed by atoms with Crippen molar-refractivity contribution in [2.45, 2.75) is 19.9 Å². The monoisotopic (exact) mass is 272 g/mol. The molecule has 0 saturated carbocycles. The molecule has 104 valence electrons. The summed E-state index contributed by atoms with van der Waals surface area (Å²) in [5, 5.41) is 5.44. The molecular formula is C14H16N4O2. The first-order chi connectivity index (χ1) is 9.49. The molecule has 2 amide bonds. The number of amides is 2. The second-order valence-electron chi connectivity index (χ2n) is 4.61. The lowest BCUT2D eigenvalue weighted by Gasteiger charge is -2.16. The van der Waals surface area contributed by atoms with Gasteiger partial charge in [0.05, 0.1) is 5.69 Å². The van der Waals surface area contributed by atoms with Gasteiger partial charge in [-0.3, -0.25) is 14.9 Å². The van der Waals surface area contributed by atoms with Crippen LogP contribution in [0.4, 0.5) is 5.69 Å². The van der Waals surface area contributed by atoms with Crippen LogP contribution < -0.4 is 15.5 Å². The number of nitrogens with one attached hydrogen (secondary N) is 2. The van der Waals surface area contributed by atoms with Gasteiger partial charge >= 0.3 is 11.8 Å². The summed E-state index contributed by atoms with van der Waals surface area (Å²) in [5.74, 6) is -0.826. The second kappa shape index (κ2) is 5.56. The molecule has 6 heteroatoms. The van der Waals surface area contributed by atoms with Crippen molar-refractivity contribution in [3.63, 3.8) is 0 Å². The highest BCUT2D eigenvalue weighted by Gasteiger charge is 2.36. The van der Waals surface area contributed by atoms with E-state index in [4.69, 9.17) is 0 Å². The van der Waals surface area contributed by atoms with Crippen molar-refractivity contribution in [2.24, 2.45) is 4.99 Å². The van der Waals surface area contributed by atoms with Gasteiger partial charge in [-0.2, -0.15) is 4.99 Å². The van der Waals surface area contributed by atoms with Crippen LogP contribution in [0.1, 0.15) is 13.8 Å². The number of aliphatic imine (C=N–C) groups is 1. The zero-order valence-electron chi connectivity index (χ0n) is 11.4. The lowest BCUT2D eigenvalue weighted by atomic mass is 10.3. The number of para-hydroxylation sites is 1. The SMILES string of the molecule is C=C(/N=C1\NC(=O)C(=O)N1c1ccccc1)NC(C)C. The molecule has 20 heavy (non-hydrogen) atoms. The van der Waals surface area contributed by atoms with Gasteiger partial charge in [-0.15, -0.1) is 0 Å². The van der Waals surface area contributed by atoms with E-state index in [0.29, 0.717) is 11.5 Å². The molecule has 2 rings (SSSR count). The highest BCUT2D eigenvalue weighted by molar-refractivity contribution is 6.53. The van der Waals surface area contributed by atoms with E-state index in [2.05, 4.69) is 22.2 Å². The summed E-state index contributed by atoms with van der Waals surface area (Å²) in [4.78, 5) is 28.8. The molecule has 1 aliphatic rings. The topological polar surface area (TPSA) is 73.8 Å². The minimum Gasteiger partial charge on any atom is -0.368 e. The highest BCUT2D eigenvalue weighted by atomic mass is 16.2. The van der Waals surface area contributed by atoms with Crippen LogP contribution in [-0.4, -0.2) is 23.8 Å². The van der Waals surface area contributed by atoms with E-state index in [9.17, 15) is 9.59 Å². The first-order valence-electron chi connectivity index (χ1n) is 6.23. The van der Waals surface area contributed by atoms with Crippen molar-refractivity contribution >= 4 is 23.5 Å². The molecule has 1 saturated heterocycles. The van der Waals surface area contributed by atoms with Crippen LogP contribution in [0.15, 0.2) is 47.7 Å². The van der Waals surface area contributed by atoms with E-state index in [1.807, 2.05) is 19.9 Å². The molecule has 1 aliphatic heterocycles. The molecule has 1 aromatic rings. The standard InChI is InChI=1S/C14H16N4O2/c1-9(2)15-10(3)16-14-17-12(19)13(20)18(14)11-7-5-4-6-8-11/h4-9,15H,3H2,1-2H3,(H,16,17,19). The molecule has 0 aliphatic carbocycles. The van der Waals surface area contributed by atoms with Crippen molar-refractivity contribution in [3.8, 4) is 0 Å². The van der Waals surface area contributed by atoms with Crippen LogP contribution in [0.2, 0.25) is 0 Å². The smallest absolute Gasteiger partial charge is 0.323 e. The molecular weight excluding hydrogens is 256 g/mol. The molecule has 1 heterocycles. The minimum atomic E-state index is -0.704. The number of carbonyl (C=O) groups is 2. The van der Waals surface area contributed by atoms with Gasteiger partial charge in [-0.1, -0.05) is 24.8 Å². The fraction of sp³-hybridized carbons (Fsp3) is 0.214. The Morgan fingerprint density at radius 3 is 2.55 bits per heavy atom. The zero-order valence-corrected chi connectivity index (χ0v) is 11.4. The summed E-state index contributed by atoms with van der Waals surface area (Å²) in [7, 11) is 0. The molecule has 0 unspecified atom stereocenters. The van der Waals surface area contributed by atoms with Gasteiger partial charge in [0.15, 0.2) is 0 Å². The lowest BCUT2D eigenvalue weighted by molar-refractivity contribution is -0.134. The Hall–Kier alpha value is -2.63. The third-order valence-electron chi connectivity index (χ3n) is 2.55. The largest absolute Gasteiger partial charge is 0.368 e. The van der Waals surface area contributed by atoms with Crippen molar-refractivity contribution in [3.05, 3.63) is 42.7 Å². The summed E-state index contributed by atoms with van der Waals surface area (Å²) in [5.41, 5.74) is 0.576. The number of guanidine groups is 1. The predicted octanol–water partition coefficient (Wildman–Crippen LogP) is 0.975. The molecule has 0 spiro atoms. The number of carbonyl (C=O) groups excluding carboxylic acids is 2. The summed E-state index contributed by atoms with van der Waals surface area (Å²) in [6.45, 7) is 7.63. The predicted molar refractivity (Wildman–Crippen MR) is 76.9 cm³/mol. The van der Waals surface area contributed by atoms with E-state index in [1.165, 1.54) is 4.90 Å². The fourth-order valence-electron chi connectivity index (χ4n) is 1.80. The first-order valence-corrected chi connectivity index (χ1v) is 6.23. The second-order valence-corrected chi connectivity index (χ2v) is 4.61. The fourth-order valence-corrected chi connectivity index (χ4v) is 1.80. The van der Waals surface area contributed by atoms with Gasteiger partial charge in [0, 0.05) is 6.04 Å². The first kappa shape index (κ1) is 13.8. The van der Waals surface area contributed by atoms with Gasteiger partial charge in [-0.25, -0.2) is 4.90 Å². The van der Waals surface area contributed by atoms with Gasteiger partial charge in [-0.05, 0) is 26.0 Å². The third-order valence-corrected chi connectivity index (χ3v) is 2.55. The number of anilines is 1. The van der Waals surface area contributed by atoms with Crippen LogP contribution in [0.3, 0.4) is 0 Å². The highest BCUT2D eigenvalue weighted by Crippen LogP contribution is 2.17. The quantitative estimate of drug-likeness (QED) is 0.802. The third kappa shape index (κ3) is 2.85. The average molecular weight is 272 g/mol. The summed E-state index contributed by atoms with van der Waals surface area (Å²) in [6, 6.07) is 9.01. The minimum absolute atomic E-state index is 0.157. The Morgan fingerprint density at radius 1 is 1.30 bits per heavy atom. The van der Waals surface area contributed by atoms with Crippen LogP contribution in [0.5, 0.6) is 0 Å². The molecule has 6 nitrogen and oxygen atoms in total. The van der Waals surface area contributed by atoms with E-state index in [0.717, 1.165) is 0 Å². The molecule has 1 aromatic carbocycles. The van der Waals surface area contributed by atoms with Crippen LogP contribution in [0.25, 0.3) is 0 Å². The maximum atomic E-state index is 11.9. The van der Waals surface area contributed by atoms with Crippen molar-refractivity contribution in [1.82, 2.24) is 10.6 Å². The van der Waals surface area contributed by atoms with Crippen molar-refractivity contribution in [2.75, 3.05) is 4.90 Å². The van der Waals surface area contributed by atoms with Gasteiger partial charge in [0.2, 0.25) is 5.96 Å². The molecule has 2 N–H and O–H groups in total. The number of rotatable bonds is 4. The summed E-state index contributed by atoms with van der Waals surface area (Å²) >= 11 is 0. The van der Waals surface area contributed by atoms with E-state index >= 15 is 0 Å².